The van der Waals surface area contributed by atoms with Crippen molar-refractivity contribution < 1.29 is 9.18 Å². The lowest BCUT2D eigenvalue weighted by molar-refractivity contribution is 0.102. The standard InChI is InChI=1S/C23H23FN4O/c1-16-11-13-28(14-12-16)22-10-9-21(26-27-22)18-3-2-4-20(15-18)25-23(29)17-5-7-19(24)8-6-17/h2-10,15-16H,11-14H2,1H3,(H,25,29). The quantitative estimate of drug-likeness (QED) is 0.697. The number of hydrogen-bond donors (Lipinski definition) is 1. The van der Waals surface area contributed by atoms with Crippen molar-refractivity contribution in [2.45, 2.75) is 19.8 Å². The molecule has 1 fully saturated rings. The number of piperidine rings is 1. The molecule has 3 aromatic rings. The SMILES string of the molecule is CC1CCN(c2ccc(-c3cccc(NC(=O)c4ccc(F)cc4)c3)nn2)CC1. The van der Waals surface area contributed by atoms with Gasteiger partial charge in [0.2, 0.25) is 0 Å². The summed E-state index contributed by atoms with van der Waals surface area (Å²) in [6.45, 7) is 4.31. The van der Waals surface area contributed by atoms with Gasteiger partial charge < -0.3 is 10.2 Å². The minimum absolute atomic E-state index is 0.289. The van der Waals surface area contributed by atoms with E-state index < -0.39 is 0 Å². The van der Waals surface area contributed by atoms with Gasteiger partial charge in [0, 0.05) is 29.9 Å². The maximum Gasteiger partial charge on any atom is 0.255 e. The zero-order valence-electron chi connectivity index (χ0n) is 16.3. The molecule has 2 heterocycles. The Kier molecular flexibility index (Phi) is 5.51. The lowest BCUT2D eigenvalue weighted by atomic mass is 9.99. The van der Waals surface area contributed by atoms with Crippen LogP contribution in [0, 0.1) is 11.7 Å². The molecule has 0 unspecified atom stereocenters. The monoisotopic (exact) mass is 390 g/mol. The number of halogens is 1. The van der Waals surface area contributed by atoms with Crippen LogP contribution in [-0.2, 0) is 0 Å². The number of carbonyl (C=O) groups is 1. The molecule has 148 valence electrons. The highest BCUT2D eigenvalue weighted by Gasteiger charge is 2.17. The van der Waals surface area contributed by atoms with Gasteiger partial charge in [-0.15, -0.1) is 10.2 Å². The molecule has 0 bridgehead atoms. The minimum atomic E-state index is -0.371. The predicted molar refractivity (Wildman–Crippen MR) is 112 cm³/mol. The average Bonchev–Trinajstić information content (AvgIpc) is 2.75. The van der Waals surface area contributed by atoms with Crippen molar-refractivity contribution in [3.05, 3.63) is 72.0 Å². The Labute approximate surface area is 169 Å². The van der Waals surface area contributed by atoms with Gasteiger partial charge in [-0.1, -0.05) is 19.1 Å². The minimum Gasteiger partial charge on any atom is -0.355 e. The van der Waals surface area contributed by atoms with Crippen LogP contribution in [0.5, 0.6) is 0 Å². The normalized spacial score (nSPS) is 14.6. The van der Waals surface area contributed by atoms with Gasteiger partial charge in [0.25, 0.3) is 5.91 Å². The molecule has 1 amide bonds. The van der Waals surface area contributed by atoms with Crippen LogP contribution in [-0.4, -0.2) is 29.2 Å². The highest BCUT2D eigenvalue weighted by Crippen LogP contribution is 2.24. The Morgan fingerprint density at radius 1 is 1.03 bits per heavy atom. The van der Waals surface area contributed by atoms with E-state index in [4.69, 9.17) is 0 Å². The molecule has 1 aliphatic rings. The van der Waals surface area contributed by atoms with Crippen LogP contribution >= 0.6 is 0 Å². The summed E-state index contributed by atoms with van der Waals surface area (Å²) < 4.78 is 13.0. The number of anilines is 2. The molecule has 0 atom stereocenters. The molecule has 1 saturated heterocycles. The maximum absolute atomic E-state index is 13.0. The van der Waals surface area contributed by atoms with Crippen LogP contribution in [0.25, 0.3) is 11.3 Å². The van der Waals surface area contributed by atoms with E-state index in [1.807, 2.05) is 36.4 Å². The zero-order chi connectivity index (χ0) is 20.2. The number of hydrogen-bond acceptors (Lipinski definition) is 4. The molecule has 0 saturated carbocycles. The second-order valence-corrected chi connectivity index (χ2v) is 7.49. The van der Waals surface area contributed by atoms with E-state index in [1.165, 1.54) is 37.1 Å². The van der Waals surface area contributed by atoms with E-state index in [2.05, 4.69) is 27.3 Å². The molecule has 1 aromatic heterocycles. The Morgan fingerprint density at radius 2 is 1.79 bits per heavy atom. The Bertz CT molecular complexity index is 981. The van der Waals surface area contributed by atoms with Crippen LogP contribution in [0.3, 0.4) is 0 Å². The van der Waals surface area contributed by atoms with Gasteiger partial charge >= 0.3 is 0 Å². The predicted octanol–water partition coefficient (Wildman–Crippen LogP) is 4.77. The van der Waals surface area contributed by atoms with Crippen molar-refractivity contribution in [1.82, 2.24) is 10.2 Å². The van der Waals surface area contributed by atoms with Gasteiger partial charge in [-0.25, -0.2) is 4.39 Å². The fourth-order valence-corrected chi connectivity index (χ4v) is 3.45. The van der Waals surface area contributed by atoms with Gasteiger partial charge in [-0.3, -0.25) is 4.79 Å². The van der Waals surface area contributed by atoms with Crippen LogP contribution in [0.1, 0.15) is 30.1 Å². The fraction of sp³-hybridized carbons (Fsp3) is 0.261. The van der Waals surface area contributed by atoms with E-state index in [1.54, 1.807) is 0 Å². The third kappa shape index (κ3) is 4.59. The van der Waals surface area contributed by atoms with Crippen molar-refractivity contribution in [1.29, 1.82) is 0 Å². The third-order valence-electron chi connectivity index (χ3n) is 5.28. The van der Waals surface area contributed by atoms with Crippen LogP contribution in [0.4, 0.5) is 15.9 Å². The van der Waals surface area contributed by atoms with Gasteiger partial charge in [0.05, 0.1) is 5.69 Å². The van der Waals surface area contributed by atoms with Crippen molar-refractivity contribution in [3.8, 4) is 11.3 Å². The summed E-state index contributed by atoms with van der Waals surface area (Å²) in [7, 11) is 0. The summed E-state index contributed by atoms with van der Waals surface area (Å²) in [6.07, 6.45) is 2.36. The van der Waals surface area contributed by atoms with Gasteiger partial charge in [0.15, 0.2) is 5.82 Å². The Balaban J connectivity index is 1.47. The molecule has 5 nitrogen and oxygen atoms in total. The number of rotatable bonds is 4. The van der Waals surface area contributed by atoms with E-state index in [-0.39, 0.29) is 11.7 Å². The number of amides is 1. The van der Waals surface area contributed by atoms with E-state index in [9.17, 15) is 9.18 Å². The van der Waals surface area contributed by atoms with E-state index in [0.29, 0.717) is 11.3 Å². The molecule has 0 spiro atoms. The van der Waals surface area contributed by atoms with E-state index in [0.717, 1.165) is 36.1 Å². The summed E-state index contributed by atoms with van der Waals surface area (Å²) >= 11 is 0. The Hall–Kier alpha value is -3.28. The molecule has 0 radical (unpaired) electrons. The molecular formula is C23H23FN4O. The van der Waals surface area contributed by atoms with Crippen molar-refractivity contribution in [2.75, 3.05) is 23.3 Å². The average molecular weight is 390 g/mol. The lowest BCUT2D eigenvalue weighted by Gasteiger charge is -2.30. The van der Waals surface area contributed by atoms with Crippen LogP contribution < -0.4 is 10.2 Å². The molecule has 2 aromatic carbocycles. The largest absolute Gasteiger partial charge is 0.355 e. The smallest absolute Gasteiger partial charge is 0.255 e. The number of nitrogens with zero attached hydrogens (tertiary/aromatic N) is 3. The van der Waals surface area contributed by atoms with Gasteiger partial charge in [-0.05, 0) is 67.3 Å². The number of aromatic nitrogens is 2. The Morgan fingerprint density at radius 3 is 2.48 bits per heavy atom. The molecule has 29 heavy (non-hydrogen) atoms. The second kappa shape index (κ2) is 8.39. The first-order chi connectivity index (χ1) is 14.1. The number of nitrogens with one attached hydrogen (secondary N) is 1. The summed E-state index contributed by atoms with van der Waals surface area (Å²) in [5.41, 5.74) is 2.66. The fourth-order valence-electron chi connectivity index (χ4n) is 3.45. The molecule has 6 heteroatoms. The highest BCUT2D eigenvalue weighted by molar-refractivity contribution is 6.04. The molecule has 0 aliphatic carbocycles. The summed E-state index contributed by atoms with van der Waals surface area (Å²) in [4.78, 5) is 14.6. The molecule has 1 N–H and O–H groups in total. The van der Waals surface area contributed by atoms with E-state index >= 15 is 0 Å². The van der Waals surface area contributed by atoms with Crippen molar-refractivity contribution in [2.24, 2.45) is 5.92 Å². The van der Waals surface area contributed by atoms with Crippen LogP contribution in [0.2, 0.25) is 0 Å². The summed E-state index contributed by atoms with van der Waals surface area (Å²) in [5, 5.41) is 11.6. The zero-order valence-corrected chi connectivity index (χ0v) is 16.3. The maximum atomic E-state index is 13.0. The van der Waals surface area contributed by atoms with Crippen molar-refractivity contribution >= 4 is 17.4 Å². The van der Waals surface area contributed by atoms with Gasteiger partial charge in [-0.2, -0.15) is 0 Å². The highest BCUT2D eigenvalue weighted by atomic mass is 19.1. The number of benzene rings is 2. The first-order valence-electron chi connectivity index (χ1n) is 9.84. The molecule has 4 rings (SSSR count). The molecular weight excluding hydrogens is 367 g/mol. The second-order valence-electron chi connectivity index (χ2n) is 7.49. The summed E-state index contributed by atoms with van der Waals surface area (Å²) in [5.74, 6) is 1.01. The molecule has 1 aliphatic heterocycles. The summed E-state index contributed by atoms with van der Waals surface area (Å²) in [6, 6.07) is 16.9. The van der Waals surface area contributed by atoms with Crippen molar-refractivity contribution in [3.63, 3.8) is 0 Å². The third-order valence-corrected chi connectivity index (χ3v) is 5.28. The van der Waals surface area contributed by atoms with Crippen LogP contribution in [0.15, 0.2) is 60.7 Å². The first-order valence-corrected chi connectivity index (χ1v) is 9.84. The topological polar surface area (TPSA) is 58.1 Å². The number of carbonyl (C=O) groups excluding carboxylic acids is 1. The van der Waals surface area contributed by atoms with Gasteiger partial charge in [0.1, 0.15) is 5.82 Å². The lowest BCUT2D eigenvalue weighted by Crippen LogP contribution is -2.33. The first kappa shape index (κ1) is 19.1.